The lowest BCUT2D eigenvalue weighted by Crippen LogP contribution is -2.44. The van der Waals surface area contributed by atoms with E-state index in [2.05, 4.69) is 71.2 Å². The Morgan fingerprint density at radius 3 is 2.90 bits per heavy atom. The molecule has 1 fully saturated rings. The van der Waals surface area contributed by atoms with Gasteiger partial charge in [-0.3, -0.25) is 0 Å². The van der Waals surface area contributed by atoms with Gasteiger partial charge in [0.25, 0.3) is 0 Å². The molecule has 3 heteroatoms. The molecule has 0 aliphatic carbocycles. The van der Waals surface area contributed by atoms with Crippen molar-refractivity contribution in [2.45, 2.75) is 45.7 Å². The highest BCUT2D eigenvalue weighted by atomic mass is 79.9. The third-order valence-corrected chi connectivity index (χ3v) is 5.05. The van der Waals surface area contributed by atoms with Gasteiger partial charge in [0.05, 0.1) is 0 Å². The van der Waals surface area contributed by atoms with Gasteiger partial charge in [-0.1, -0.05) is 35.0 Å². The molecule has 1 saturated heterocycles. The zero-order valence-corrected chi connectivity index (χ0v) is 14.5. The number of benzene rings is 1. The first-order valence-corrected chi connectivity index (χ1v) is 8.63. The van der Waals surface area contributed by atoms with Gasteiger partial charge in [0.15, 0.2) is 0 Å². The lowest BCUT2D eigenvalue weighted by atomic mass is 9.90. The van der Waals surface area contributed by atoms with Crippen LogP contribution in [0.15, 0.2) is 28.7 Å². The Bertz CT molecular complexity index is 421. The van der Waals surface area contributed by atoms with Crippen LogP contribution in [0.3, 0.4) is 0 Å². The largest absolute Gasteiger partial charge is 0.307 e. The van der Waals surface area contributed by atoms with Crippen LogP contribution in [0.25, 0.3) is 0 Å². The van der Waals surface area contributed by atoms with E-state index < -0.39 is 0 Å². The van der Waals surface area contributed by atoms with E-state index in [0.29, 0.717) is 12.1 Å². The predicted molar refractivity (Wildman–Crippen MR) is 90.0 cm³/mol. The molecular weight excluding hydrogens is 312 g/mol. The highest BCUT2D eigenvalue weighted by molar-refractivity contribution is 9.10. The van der Waals surface area contributed by atoms with Gasteiger partial charge >= 0.3 is 0 Å². The van der Waals surface area contributed by atoms with Crippen molar-refractivity contribution in [3.05, 3.63) is 34.3 Å². The van der Waals surface area contributed by atoms with E-state index in [-0.39, 0.29) is 0 Å². The van der Waals surface area contributed by atoms with Crippen LogP contribution in [0.2, 0.25) is 0 Å². The highest BCUT2D eigenvalue weighted by Gasteiger charge is 2.24. The van der Waals surface area contributed by atoms with Gasteiger partial charge in [0.1, 0.15) is 0 Å². The monoisotopic (exact) mass is 338 g/mol. The van der Waals surface area contributed by atoms with Gasteiger partial charge in [0, 0.05) is 23.1 Å². The molecule has 2 rings (SSSR count). The van der Waals surface area contributed by atoms with Crippen LogP contribution in [-0.2, 0) is 0 Å². The van der Waals surface area contributed by atoms with E-state index in [4.69, 9.17) is 0 Å². The van der Waals surface area contributed by atoms with Crippen molar-refractivity contribution in [1.82, 2.24) is 10.2 Å². The highest BCUT2D eigenvalue weighted by Crippen LogP contribution is 2.23. The SMILES string of the molecule is CCN1CCCC(C(C)N[C@H](C)c2cccc(Br)c2)C1. The van der Waals surface area contributed by atoms with Crippen LogP contribution in [0.5, 0.6) is 0 Å². The molecule has 0 aromatic heterocycles. The number of rotatable bonds is 5. The first kappa shape index (κ1) is 16.0. The fraction of sp³-hybridized carbons (Fsp3) is 0.647. The third-order valence-electron chi connectivity index (χ3n) is 4.56. The molecule has 20 heavy (non-hydrogen) atoms. The number of likely N-dealkylation sites (tertiary alicyclic amines) is 1. The number of nitrogens with one attached hydrogen (secondary N) is 1. The predicted octanol–water partition coefficient (Wildman–Crippen LogP) is 4.22. The normalized spacial score (nSPS) is 23.5. The maximum Gasteiger partial charge on any atom is 0.0294 e. The number of nitrogens with zero attached hydrogens (tertiary/aromatic N) is 1. The zero-order valence-electron chi connectivity index (χ0n) is 12.9. The topological polar surface area (TPSA) is 15.3 Å². The Hall–Kier alpha value is -0.380. The zero-order chi connectivity index (χ0) is 14.5. The van der Waals surface area contributed by atoms with Crippen molar-refractivity contribution >= 4 is 15.9 Å². The smallest absolute Gasteiger partial charge is 0.0294 e. The van der Waals surface area contributed by atoms with E-state index in [1.54, 1.807) is 0 Å². The first-order valence-electron chi connectivity index (χ1n) is 7.84. The van der Waals surface area contributed by atoms with Crippen molar-refractivity contribution < 1.29 is 0 Å². The molecule has 1 N–H and O–H groups in total. The molecule has 1 aliphatic rings. The Labute approximate surface area is 132 Å². The fourth-order valence-electron chi connectivity index (χ4n) is 3.19. The van der Waals surface area contributed by atoms with Gasteiger partial charge in [-0.2, -0.15) is 0 Å². The van der Waals surface area contributed by atoms with E-state index in [1.165, 1.54) is 38.0 Å². The lowest BCUT2D eigenvalue weighted by molar-refractivity contribution is 0.153. The molecule has 0 radical (unpaired) electrons. The number of piperidine rings is 1. The van der Waals surface area contributed by atoms with Gasteiger partial charge in [-0.05, 0) is 63.4 Å². The van der Waals surface area contributed by atoms with Crippen LogP contribution in [-0.4, -0.2) is 30.6 Å². The molecule has 3 atom stereocenters. The van der Waals surface area contributed by atoms with Crippen molar-refractivity contribution in [3.63, 3.8) is 0 Å². The van der Waals surface area contributed by atoms with E-state index in [9.17, 15) is 0 Å². The van der Waals surface area contributed by atoms with Crippen LogP contribution >= 0.6 is 15.9 Å². The summed E-state index contributed by atoms with van der Waals surface area (Å²) in [7, 11) is 0. The Balaban J connectivity index is 1.91. The average Bonchev–Trinajstić information content (AvgIpc) is 2.47. The summed E-state index contributed by atoms with van der Waals surface area (Å²) >= 11 is 3.56. The maximum absolute atomic E-state index is 3.79. The molecule has 2 nitrogen and oxygen atoms in total. The van der Waals surface area contributed by atoms with Crippen LogP contribution in [0.1, 0.15) is 45.2 Å². The molecule has 112 valence electrons. The van der Waals surface area contributed by atoms with Crippen LogP contribution in [0, 0.1) is 5.92 Å². The summed E-state index contributed by atoms with van der Waals surface area (Å²) in [6.45, 7) is 10.6. The maximum atomic E-state index is 3.79. The van der Waals surface area contributed by atoms with Gasteiger partial charge < -0.3 is 10.2 Å². The molecule has 1 aromatic rings. The first-order chi connectivity index (χ1) is 9.60. The van der Waals surface area contributed by atoms with Crippen molar-refractivity contribution in [2.24, 2.45) is 5.92 Å². The second-order valence-electron chi connectivity index (χ2n) is 6.03. The van der Waals surface area contributed by atoms with Crippen LogP contribution < -0.4 is 5.32 Å². The molecule has 2 unspecified atom stereocenters. The summed E-state index contributed by atoms with van der Waals surface area (Å²) in [4.78, 5) is 2.58. The molecule has 1 aliphatic heterocycles. The number of hydrogen-bond donors (Lipinski definition) is 1. The van der Waals surface area contributed by atoms with E-state index in [0.717, 1.165) is 10.4 Å². The summed E-state index contributed by atoms with van der Waals surface area (Å²) in [5.74, 6) is 0.776. The molecule has 0 spiro atoms. The molecule has 1 heterocycles. The summed E-state index contributed by atoms with van der Waals surface area (Å²) in [5.41, 5.74) is 1.36. The summed E-state index contributed by atoms with van der Waals surface area (Å²) in [6.07, 6.45) is 2.70. The number of hydrogen-bond acceptors (Lipinski definition) is 2. The molecule has 1 aromatic carbocycles. The molecule has 0 amide bonds. The second-order valence-corrected chi connectivity index (χ2v) is 6.94. The van der Waals surface area contributed by atoms with Crippen LogP contribution in [0.4, 0.5) is 0 Å². The molecular formula is C17H27BrN2. The minimum Gasteiger partial charge on any atom is -0.307 e. The fourth-order valence-corrected chi connectivity index (χ4v) is 3.61. The van der Waals surface area contributed by atoms with Crippen molar-refractivity contribution in [2.75, 3.05) is 19.6 Å². The Morgan fingerprint density at radius 2 is 2.20 bits per heavy atom. The minimum atomic E-state index is 0.402. The standard InChI is InChI=1S/C17H27BrN2/c1-4-20-10-6-8-16(12-20)14(3)19-13(2)15-7-5-9-17(18)11-15/h5,7,9,11,13-14,16,19H,4,6,8,10,12H2,1-3H3/t13-,14?,16?/m1/s1. The van der Waals surface area contributed by atoms with Gasteiger partial charge in [-0.25, -0.2) is 0 Å². The summed E-state index contributed by atoms with van der Waals surface area (Å²) in [6, 6.07) is 9.58. The number of halogens is 1. The quantitative estimate of drug-likeness (QED) is 0.864. The van der Waals surface area contributed by atoms with Crippen molar-refractivity contribution in [3.8, 4) is 0 Å². The van der Waals surface area contributed by atoms with E-state index >= 15 is 0 Å². The molecule has 0 bridgehead atoms. The van der Waals surface area contributed by atoms with Gasteiger partial charge in [0.2, 0.25) is 0 Å². The van der Waals surface area contributed by atoms with E-state index in [1.807, 2.05) is 0 Å². The Morgan fingerprint density at radius 1 is 1.40 bits per heavy atom. The third kappa shape index (κ3) is 4.31. The summed E-state index contributed by atoms with van der Waals surface area (Å²) < 4.78 is 1.16. The lowest BCUT2D eigenvalue weighted by Gasteiger charge is -2.36. The second kappa shape index (κ2) is 7.58. The van der Waals surface area contributed by atoms with Crippen molar-refractivity contribution in [1.29, 1.82) is 0 Å². The minimum absolute atomic E-state index is 0.402. The summed E-state index contributed by atoms with van der Waals surface area (Å²) in [5, 5.41) is 3.79. The average molecular weight is 339 g/mol. The Kier molecular flexibility index (Phi) is 6.06. The van der Waals surface area contributed by atoms with Gasteiger partial charge in [-0.15, -0.1) is 0 Å². The molecule has 0 saturated carbocycles.